The summed E-state index contributed by atoms with van der Waals surface area (Å²) in [5, 5.41) is 8.65. The van der Waals surface area contributed by atoms with Gasteiger partial charge in [0.05, 0.1) is 0 Å². The van der Waals surface area contributed by atoms with Crippen LogP contribution in [0.5, 0.6) is 0 Å². The number of aliphatic carboxylic acids is 1. The van der Waals surface area contributed by atoms with Crippen molar-refractivity contribution >= 4 is 5.97 Å². The van der Waals surface area contributed by atoms with Gasteiger partial charge in [-0.1, -0.05) is 64.0 Å². The average Bonchev–Trinajstić information content (AvgIpc) is 2.93. The van der Waals surface area contributed by atoms with Crippen molar-refractivity contribution in [2.75, 3.05) is 0 Å². The first-order valence-corrected chi connectivity index (χ1v) is 9.62. The van der Waals surface area contributed by atoms with Crippen LogP contribution in [0.25, 0.3) is 0 Å². The molecule has 1 aliphatic carbocycles. The SMILES string of the molecule is CCCCCCCC=C[C@H]1CCC[C@@H]1CCCCCC(=O)O. The van der Waals surface area contributed by atoms with E-state index >= 15 is 0 Å². The highest BCUT2D eigenvalue weighted by molar-refractivity contribution is 5.66. The van der Waals surface area contributed by atoms with Crippen LogP contribution in [0, 0.1) is 11.8 Å². The first-order chi connectivity index (χ1) is 10.7. The molecule has 128 valence electrons. The van der Waals surface area contributed by atoms with Gasteiger partial charge in [0.1, 0.15) is 0 Å². The number of hydrogen-bond acceptors (Lipinski definition) is 1. The second-order valence-corrected chi connectivity index (χ2v) is 6.98. The van der Waals surface area contributed by atoms with Crippen LogP contribution in [-0.4, -0.2) is 11.1 Å². The van der Waals surface area contributed by atoms with E-state index in [9.17, 15) is 4.79 Å². The van der Waals surface area contributed by atoms with Crippen LogP contribution in [-0.2, 0) is 4.79 Å². The number of carboxylic acids is 1. The van der Waals surface area contributed by atoms with Crippen LogP contribution in [0.4, 0.5) is 0 Å². The van der Waals surface area contributed by atoms with Gasteiger partial charge >= 0.3 is 5.97 Å². The number of rotatable bonds is 13. The molecule has 0 bridgehead atoms. The lowest BCUT2D eigenvalue weighted by Gasteiger charge is -2.16. The van der Waals surface area contributed by atoms with Gasteiger partial charge in [0.15, 0.2) is 0 Å². The number of carbonyl (C=O) groups is 1. The summed E-state index contributed by atoms with van der Waals surface area (Å²) in [7, 11) is 0. The molecule has 1 aliphatic rings. The summed E-state index contributed by atoms with van der Waals surface area (Å²) in [5.74, 6) is 1.01. The zero-order valence-corrected chi connectivity index (χ0v) is 14.6. The number of carboxylic acid groups (broad SMARTS) is 1. The highest BCUT2D eigenvalue weighted by atomic mass is 16.4. The lowest BCUT2D eigenvalue weighted by atomic mass is 9.90. The molecule has 22 heavy (non-hydrogen) atoms. The van der Waals surface area contributed by atoms with Gasteiger partial charge in [-0.2, -0.15) is 0 Å². The fourth-order valence-electron chi connectivity index (χ4n) is 3.67. The molecule has 0 saturated heterocycles. The Bertz CT molecular complexity index is 309. The molecule has 0 amide bonds. The van der Waals surface area contributed by atoms with E-state index in [2.05, 4.69) is 19.1 Å². The minimum absolute atomic E-state index is 0.339. The van der Waals surface area contributed by atoms with Crippen LogP contribution in [0.2, 0.25) is 0 Å². The van der Waals surface area contributed by atoms with Crippen LogP contribution in [0.15, 0.2) is 12.2 Å². The molecule has 2 nitrogen and oxygen atoms in total. The van der Waals surface area contributed by atoms with E-state index in [0.717, 1.165) is 24.7 Å². The third kappa shape index (κ3) is 9.27. The Balaban J connectivity index is 2.08. The van der Waals surface area contributed by atoms with E-state index in [-0.39, 0.29) is 0 Å². The van der Waals surface area contributed by atoms with Crippen molar-refractivity contribution in [2.24, 2.45) is 11.8 Å². The summed E-state index contributed by atoms with van der Waals surface area (Å²) in [6.45, 7) is 2.27. The molecule has 1 saturated carbocycles. The molecule has 0 spiro atoms. The summed E-state index contributed by atoms with van der Waals surface area (Å²) in [5.41, 5.74) is 0. The smallest absolute Gasteiger partial charge is 0.303 e. The summed E-state index contributed by atoms with van der Waals surface area (Å²) in [6.07, 6.45) is 21.9. The van der Waals surface area contributed by atoms with Crippen molar-refractivity contribution in [3.63, 3.8) is 0 Å². The van der Waals surface area contributed by atoms with Crippen molar-refractivity contribution in [2.45, 2.75) is 96.8 Å². The maximum atomic E-state index is 10.5. The zero-order valence-electron chi connectivity index (χ0n) is 14.6. The van der Waals surface area contributed by atoms with E-state index in [0.29, 0.717) is 6.42 Å². The first-order valence-electron chi connectivity index (χ1n) is 9.62. The summed E-state index contributed by atoms with van der Waals surface area (Å²) in [6, 6.07) is 0. The highest BCUT2D eigenvalue weighted by Crippen LogP contribution is 2.36. The first kappa shape index (κ1) is 19.3. The molecular weight excluding hydrogens is 272 g/mol. The quantitative estimate of drug-likeness (QED) is 0.318. The molecule has 2 heteroatoms. The largest absolute Gasteiger partial charge is 0.481 e. The van der Waals surface area contributed by atoms with Gasteiger partial charge < -0.3 is 5.11 Å². The molecule has 1 fully saturated rings. The molecule has 0 heterocycles. The Morgan fingerprint density at radius 3 is 2.59 bits per heavy atom. The maximum Gasteiger partial charge on any atom is 0.303 e. The van der Waals surface area contributed by atoms with E-state index in [1.807, 2.05) is 0 Å². The van der Waals surface area contributed by atoms with Gasteiger partial charge in [0.25, 0.3) is 0 Å². The summed E-state index contributed by atoms with van der Waals surface area (Å²) >= 11 is 0. The Hall–Kier alpha value is -0.790. The lowest BCUT2D eigenvalue weighted by molar-refractivity contribution is -0.137. The number of hydrogen-bond donors (Lipinski definition) is 1. The van der Waals surface area contributed by atoms with Gasteiger partial charge in [0, 0.05) is 6.42 Å². The standard InChI is InChI=1S/C20H36O2/c1-2-3-4-5-6-7-9-13-18-15-12-16-19(18)14-10-8-11-17-20(21)22/h9,13,18-19H,2-8,10-12,14-17H2,1H3,(H,21,22)/t18-,19-/m0/s1. The minimum atomic E-state index is -0.652. The van der Waals surface area contributed by atoms with Crippen LogP contribution in [0.3, 0.4) is 0 Å². The Labute approximate surface area is 137 Å². The Morgan fingerprint density at radius 1 is 1.05 bits per heavy atom. The van der Waals surface area contributed by atoms with E-state index in [1.54, 1.807) is 0 Å². The molecule has 0 aromatic carbocycles. The molecule has 1 rings (SSSR count). The fraction of sp³-hybridized carbons (Fsp3) is 0.850. The predicted molar refractivity (Wildman–Crippen MR) is 94.1 cm³/mol. The summed E-state index contributed by atoms with van der Waals surface area (Å²) in [4.78, 5) is 10.5. The van der Waals surface area contributed by atoms with Gasteiger partial charge in [-0.05, 0) is 50.4 Å². The van der Waals surface area contributed by atoms with E-state index < -0.39 is 5.97 Å². The third-order valence-corrected chi connectivity index (χ3v) is 5.04. The number of allylic oxidation sites excluding steroid dienone is 2. The van der Waals surface area contributed by atoms with Crippen molar-refractivity contribution < 1.29 is 9.90 Å². The summed E-state index contributed by atoms with van der Waals surface area (Å²) < 4.78 is 0. The zero-order chi connectivity index (χ0) is 16.0. The lowest BCUT2D eigenvalue weighted by Crippen LogP contribution is -2.05. The van der Waals surface area contributed by atoms with Crippen molar-refractivity contribution in [1.82, 2.24) is 0 Å². The molecular formula is C20H36O2. The van der Waals surface area contributed by atoms with Crippen LogP contribution >= 0.6 is 0 Å². The van der Waals surface area contributed by atoms with Gasteiger partial charge in [-0.25, -0.2) is 0 Å². The maximum absolute atomic E-state index is 10.5. The monoisotopic (exact) mass is 308 g/mol. The second-order valence-electron chi connectivity index (χ2n) is 6.98. The Morgan fingerprint density at radius 2 is 1.82 bits per heavy atom. The van der Waals surface area contributed by atoms with Crippen molar-refractivity contribution in [1.29, 1.82) is 0 Å². The van der Waals surface area contributed by atoms with Crippen LogP contribution < -0.4 is 0 Å². The van der Waals surface area contributed by atoms with Gasteiger partial charge in [-0.3, -0.25) is 4.79 Å². The number of unbranched alkanes of at least 4 members (excludes halogenated alkanes) is 7. The third-order valence-electron chi connectivity index (χ3n) is 5.04. The van der Waals surface area contributed by atoms with Gasteiger partial charge in [-0.15, -0.1) is 0 Å². The topological polar surface area (TPSA) is 37.3 Å². The van der Waals surface area contributed by atoms with E-state index in [1.165, 1.54) is 70.6 Å². The minimum Gasteiger partial charge on any atom is -0.481 e. The van der Waals surface area contributed by atoms with Crippen molar-refractivity contribution in [3.05, 3.63) is 12.2 Å². The van der Waals surface area contributed by atoms with E-state index in [4.69, 9.17) is 5.11 Å². The molecule has 0 aromatic heterocycles. The highest BCUT2D eigenvalue weighted by Gasteiger charge is 2.24. The predicted octanol–water partition coefficient (Wildman–Crippen LogP) is 6.35. The Kier molecular flexibility index (Phi) is 11.1. The molecule has 0 aliphatic heterocycles. The fourth-order valence-corrected chi connectivity index (χ4v) is 3.67. The molecule has 0 unspecified atom stereocenters. The second kappa shape index (κ2) is 12.7. The van der Waals surface area contributed by atoms with Crippen molar-refractivity contribution in [3.8, 4) is 0 Å². The van der Waals surface area contributed by atoms with Crippen LogP contribution in [0.1, 0.15) is 96.8 Å². The molecule has 1 N–H and O–H groups in total. The molecule has 2 atom stereocenters. The molecule has 0 radical (unpaired) electrons. The van der Waals surface area contributed by atoms with Gasteiger partial charge in [0.2, 0.25) is 0 Å². The average molecular weight is 309 g/mol. The molecule has 0 aromatic rings. The normalized spacial score (nSPS) is 21.7.